The number of fused-ring (bicyclic) bond motifs is 1. The summed E-state index contributed by atoms with van der Waals surface area (Å²) in [5.41, 5.74) is 4.29. The lowest BCUT2D eigenvalue weighted by molar-refractivity contribution is 1.32. The molecule has 3 heteroatoms. The van der Waals surface area contributed by atoms with Gasteiger partial charge >= 0.3 is 0 Å². The highest BCUT2D eigenvalue weighted by Gasteiger charge is 2.01. The van der Waals surface area contributed by atoms with Crippen molar-refractivity contribution in [1.82, 2.24) is 9.97 Å². The fourth-order valence-corrected chi connectivity index (χ4v) is 1.89. The van der Waals surface area contributed by atoms with E-state index in [2.05, 4.69) is 46.5 Å². The van der Waals surface area contributed by atoms with Crippen molar-refractivity contribution in [3.05, 3.63) is 60.6 Å². The normalized spacial score (nSPS) is 10.5. The molecule has 0 saturated carbocycles. The van der Waals surface area contributed by atoms with E-state index in [9.17, 15) is 0 Å². The van der Waals surface area contributed by atoms with Crippen LogP contribution in [0.1, 0.15) is 5.56 Å². The minimum absolute atomic E-state index is 0.946. The van der Waals surface area contributed by atoms with Crippen LogP contribution in [0.3, 0.4) is 0 Å². The average molecular weight is 235 g/mol. The molecule has 3 rings (SSSR count). The van der Waals surface area contributed by atoms with Gasteiger partial charge in [0.1, 0.15) is 0 Å². The zero-order chi connectivity index (χ0) is 12.4. The van der Waals surface area contributed by atoms with Gasteiger partial charge in [0, 0.05) is 29.7 Å². The Bertz CT molecular complexity index is 669. The zero-order valence-corrected chi connectivity index (χ0v) is 10.1. The number of nitrogens with zero attached hydrogens (tertiary/aromatic N) is 2. The van der Waals surface area contributed by atoms with Crippen LogP contribution in [-0.4, -0.2) is 9.97 Å². The minimum Gasteiger partial charge on any atom is -0.355 e. The first-order valence-electron chi connectivity index (χ1n) is 5.85. The Kier molecular flexibility index (Phi) is 2.65. The van der Waals surface area contributed by atoms with Crippen LogP contribution in [-0.2, 0) is 0 Å². The first kappa shape index (κ1) is 10.7. The molecular weight excluding hydrogens is 222 g/mol. The molecule has 0 aliphatic rings. The van der Waals surface area contributed by atoms with Crippen molar-refractivity contribution in [2.75, 3.05) is 5.32 Å². The molecule has 88 valence electrons. The molecule has 2 heterocycles. The minimum atomic E-state index is 0.946. The molecule has 1 aromatic carbocycles. The van der Waals surface area contributed by atoms with Crippen LogP contribution in [0.25, 0.3) is 10.9 Å². The number of hydrogen-bond acceptors (Lipinski definition) is 3. The van der Waals surface area contributed by atoms with Gasteiger partial charge in [0.15, 0.2) is 0 Å². The summed E-state index contributed by atoms with van der Waals surface area (Å²) < 4.78 is 0. The third-order valence-electron chi connectivity index (χ3n) is 2.87. The Hall–Kier alpha value is -2.42. The van der Waals surface area contributed by atoms with Crippen molar-refractivity contribution in [2.45, 2.75) is 6.92 Å². The van der Waals surface area contributed by atoms with Crippen LogP contribution in [0.15, 0.2) is 55.0 Å². The van der Waals surface area contributed by atoms with Crippen LogP contribution >= 0.6 is 0 Å². The molecule has 0 unspecified atom stereocenters. The molecule has 0 bridgehead atoms. The average Bonchev–Trinajstić information content (AvgIpc) is 2.42. The number of aryl methyl sites for hydroxylation is 1. The Labute approximate surface area is 106 Å². The highest BCUT2D eigenvalue weighted by atomic mass is 14.9. The molecule has 0 aliphatic carbocycles. The van der Waals surface area contributed by atoms with Crippen LogP contribution in [0.2, 0.25) is 0 Å². The van der Waals surface area contributed by atoms with Gasteiger partial charge in [0.2, 0.25) is 0 Å². The lowest BCUT2D eigenvalue weighted by atomic mass is 10.2. The van der Waals surface area contributed by atoms with Crippen molar-refractivity contribution in [3.63, 3.8) is 0 Å². The van der Waals surface area contributed by atoms with E-state index in [4.69, 9.17) is 0 Å². The molecule has 0 spiro atoms. The molecule has 0 radical (unpaired) electrons. The third kappa shape index (κ3) is 2.02. The fourth-order valence-electron chi connectivity index (χ4n) is 1.89. The molecule has 2 aromatic heterocycles. The van der Waals surface area contributed by atoms with Crippen LogP contribution in [0.4, 0.5) is 11.4 Å². The Morgan fingerprint density at radius 1 is 0.944 bits per heavy atom. The van der Waals surface area contributed by atoms with E-state index in [1.54, 1.807) is 12.4 Å². The molecule has 0 saturated heterocycles. The lowest BCUT2D eigenvalue weighted by Gasteiger charge is -2.09. The zero-order valence-electron chi connectivity index (χ0n) is 10.1. The summed E-state index contributed by atoms with van der Waals surface area (Å²) in [6.07, 6.45) is 5.39. The van der Waals surface area contributed by atoms with E-state index in [-0.39, 0.29) is 0 Å². The van der Waals surface area contributed by atoms with Gasteiger partial charge in [-0.05, 0) is 31.2 Å². The number of aromatic nitrogens is 2. The van der Waals surface area contributed by atoms with Gasteiger partial charge in [-0.25, -0.2) is 0 Å². The van der Waals surface area contributed by atoms with Crippen LogP contribution < -0.4 is 5.32 Å². The highest BCUT2D eigenvalue weighted by Crippen LogP contribution is 2.24. The summed E-state index contributed by atoms with van der Waals surface area (Å²) in [6, 6.07) is 12.2. The lowest BCUT2D eigenvalue weighted by Crippen LogP contribution is -1.92. The van der Waals surface area contributed by atoms with Crippen LogP contribution in [0, 0.1) is 6.92 Å². The number of benzene rings is 1. The number of anilines is 2. The topological polar surface area (TPSA) is 37.8 Å². The van der Waals surface area contributed by atoms with Gasteiger partial charge in [0.25, 0.3) is 0 Å². The second-order valence-corrected chi connectivity index (χ2v) is 4.24. The molecule has 3 aromatic rings. The maximum atomic E-state index is 4.32. The molecule has 3 nitrogen and oxygen atoms in total. The second-order valence-electron chi connectivity index (χ2n) is 4.24. The van der Waals surface area contributed by atoms with Gasteiger partial charge < -0.3 is 5.32 Å². The SMILES string of the molecule is Cc1ccc(Nc2ccnc3ccncc23)cc1. The summed E-state index contributed by atoms with van der Waals surface area (Å²) in [7, 11) is 0. The Morgan fingerprint density at radius 2 is 1.78 bits per heavy atom. The number of nitrogens with one attached hydrogen (secondary N) is 1. The van der Waals surface area contributed by atoms with Gasteiger partial charge in [0.05, 0.1) is 11.2 Å². The first-order valence-corrected chi connectivity index (χ1v) is 5.85. The highest BCUT2D eigenvalue weighted by molar-refractivity contribution is 5.91. The predicted molar refractivity (Wildman–Crippen MR) is 74.0 cm³/mol. The number of pyridine rings is 2. The summed E-state index contributed by atoms with van der Waals surface area (Å²) in [6.45, 7) is 2.08. The Balaban J connectivity index is 2.02. The van der Waals surface area contributed by atoms with Crippen LogP contribution in [0.5, 0.6) is 0 Å². The molecule has 0 amide bonds. The quantitative estimate of drug-likeness (QED) is 0.736. The van der Waals surface area contributed by atoms with Gasteiger partial charge in [-0.3, -0.25) is 9.97 Å². The van der Waals surface area contributed by atoms with Crippen molar-refractivity contribution in [1.29, 1.82) is 0 Å². The van der Waals surface area contributed by atoms with Crippen molar-refractivity contribution < 1.29 is 0 Å². The van der Waals surface area contributed by atoms with Crippen molar-refractivity contribution in [2.24, 2.45) is 0 Å². The van der Waals surface area contributed by atoms with E-state index >= 15 is 0 Å². The van der Waals surface area contributed by atoms with E-state index in [0.29, 0.717) is 0 Å². The smallest absolute Gasteiger partial charge is 0.0753 e. The number of rotatable bonds is 2. The summed E-state index contributed by atoms with van der Waals surface area (Å²) >= 11 is 0. The third-order valence-corrected chi connectivity index (χ3v) is 2.87. The van der Waals surface area contributed by atoms with Gasteiger partial charge in [-0.15, -0.1) is 0 Å². The Morgan fingerprint density at radius 3 is 2.61 bits per heavy atom. The van der Waals surface area contributed by atoms with E-state index in [1.165, 1.54) is 5.56 Å². The van der Waals surface area contributed by atoms with Gasteiger partial charge in [-0.2, -0.15) is 0 Å². The fraction of sp³-hybridized carbons (Fsp3) is 0.0667. The van der Waals surface area contributed by atoms with Crippen molar-refractivity contribution >= 4 is 22.3 Å². The molecule has 0 fully saturated rings. The first-order chi connectivity index (χ1) is 8.83. The van der Waals surface area contributed by atoms with Gasteiger partial charge in [-0.1, -0.05) is 17.7 Å². The molecule has 1 N–H and O–H groups in total. The molecular formula is C15H13N3. The predicted octanol–water partition coefficient (Wildman–Crippen LogP) is 3.68. The largest absolute Gasteiger partial charge is 0.355 e. The standard InChI is InChI=1S/C15H13N3/c1-11-2-4-12(5-3-11)18-15-7-9-17-14-6-8-16-10-13(14)15/h2-10H,1H3,(H,17,18). The second kappa shape index (κ2) is 4.45. The molecule has 18 heavy (non-hydrogen) atoms. The maximum Gasteiger partial charge on any atom is 0.0753 e. The summed E-state index contributed by atoms with van der Waals surface area (Å²) in [5, 5.41) is 4.42. The number of hydrogen-bond donors (Lipinski definition) is 1. The van der Waals surface area contributed by atoms with Crippen molar-refractivity contribution in [3.8, 4) is 0 Å². The molecule has 0 aliphatic heterocycles. The molecule has 0 atom stereocenters. The monoisotopic (exact) mass is 235 g/mol. The maximum absolute atomic E-state index is 4.32. The summed E-state index contributed by atoms with van der Waals surface area (Å²) in [4.78, 5) is 8.47. The van der Waals surface area contributed by atoms with E-state index in [1.807, 2.05) is 18.3 Å². The van der Waals surface area contributed by atoms with E-state index in [0.717, 1.165) is 22.3 Å². The summed E-state index contributed by atoms with van der Waals surface area (Å²) in [5.74, 6) is 0. The van der Waals surface area contributed by atoms with E-state index < -0.39 is 0 Å².